The Balaban J connectivity index is 2.47. The van der Waals surface area contributed by atoms with Crippen LogP contribution in [0.25, 0.3) is 0 Å². The molecule has 0 aliphatic carbocycles. The third-order valence-corrected chi connectivity index (χ3v) is 2.94. The molecule has 4 nitrogen and oxygen atoms in total. The van der Waals surface area contributed by atoms with Gasteiger partial charge in [-0.1, -0.05) is 45.0 Å². The van der Waals surface area contributed by atoms with E-state index in [9.17, 15) is 9.59 Å². The van der Waals surface area contributed by atoms with Gasteiger partial charge in [-0.25, -0.2) is 0 Å². The lowest BCUT2D eigenvalue weighted by Crippen LogP contribution is -2.33. The van der Waals surface area contributed by atoms with Crippen LogP contribution >= 0.6 is 0 Å². The smallest absolute Gasteiger partial charge is 0.224 e. The molecule has 0 atom stereocenters. The maximum atomic E-state index is 11.8. The van der Waals surface area contributed by atoms with Gasteiger partial charge in [0.05, 0.1) is 12.8 Å². The summed E-state index contributed by atoms with van der Waals surface area (Å²) in [4.78, 5) is 23.3. The van der Waals surface area contributed by atoms with E-state index in [1.165, 1.54) is 0 Å². The number of likely N-dealkylation sites (N-methyl/N-ethyl adjacent to an activating group) is 1. The molecule has 21 heavy (non-hydrogen) atoms. The Kier molecular flexibility index (Phi) is 6.40. The van der Waals surface area contributed by atoms with E-state index < -0.39 is 0 Å². The lowest BCUT2D eigenvalue weighted by molar-refractivity contribution is -0.121. The normalized spacial score (nSPS) is 11.0. The van der Waals surface area contributed by atoms with Crippen LogP contribution in [0.2, 0.25) is 0 Å². The van der Waals surface area contributed by atoms with Gasteiger partial charge in [-0.15, -0.1) is 0 Å². The third-order valence-electron chi connectivity index (χ3n) is 2.94. The Bertz CT molecular complexity index is 473. The van der Waals surface area contributed by atoms with Gasteiger partial charge < -0.3 is 10.6 Å². The molecule has 0 unspecified atom stereocenters. The Labute approximate surface area is 127 Å². The first-order chi connectivity index (χ1) is 9.80. The minimum absolute atomic E-state index is 0.0215. The Hall–Kier alpha value is -1.84. The molecule has 1 aromatic carbocycles. The van der Waals surface area contributed by atoms with E-state index in [1.807, 2.05) is 31.2 Å². The van der Waals surface area contributed by atoms with Crippen molar-refractivity contribution in [3.63, 3.8) is 0 Å². The number of amides is 2. The first-order valence-electron chi connectivity index (χ1n) is 7.41. The first kappa shape index (κ1) is 17.2. The van der Waals surface area contributed by atoms with Crippen LogP contribution in [-0.4, -0.2) is 24.9 Å². The van der Waals surface area contributed by atoms with Crippen LogP contribution in [0.5, 0.6) is 0 Å². The van der Waals surface area contributed by atoms with Crippen molar-refractivity contribution in [3.8, 4) is 0 Å². The van der Waals surface area contributed by atoms with E-state index >= 15 is 0 Å². The Morgan fingerprint density at radius 1 is 0.905 bits per heavy atom. The van der Waals surface area contributed by atoms with Crippen LogP contribution in [-0.2, 0) is 22.4 Å². The lowest BCUT2D eigenvalue weighted by atomic mass is 9.97. The number of carbonyl (C=O) groups is 2. The van der Waals surface area contributed by atoms with Gasteiger partial charge in [-0.05, 0) is 23.5 Å². The molecule has 0 radical (unpaired) electrons. The summed E-state index contributed by atoms with van der Waals surface area (Å²) in [5.74, 6) is 0.0505. The molecule has 1 aromatic rings. The van der Waals surface area contributed by atoms with Gasteiger partial charge in [0.15, 0.2) is 0 Å². The van der Waals surface area contributed by atoms with E-state index in [1.54, 1.807) is 0 Å². The second-order valence-corrected chi connectivity index (χ2v) is 6.46. The van der Waals surface area contributed by atoms with Crippen molar-refractivity contribution in [1.29, 1.82) is 0 Å². The maximum absolute atomic E-state index is 11.8. The molecule has 116 valence electrons. The highest BCUT2D eigenvalue weighted by atomic mass is 16.2. The van der Waals surface area contributed by atoms with Crippen molar-refractivity contribution in [2.24, 2.45) is 5.41 Å². The molecule has 1 rings (SSSR count). The molecule has 2 amide bonds. The minimum atomic E-state index is 0.0215. The highest BCUT2D eigenvalue weighted by molar-refractivity contribution is 5.79. The minimum Gasteiger partial charge on any atom is -0.356 e. The first-order valence-corrected chi connectivity index (χ1v) is 7.41. The fourth-order valence-electron chi connectivity index (χ4n) is 1.83. The predicted molar refractivity (Wildman–Crippen MR) is 85.0 cm³/mol. The fourth-order valence-corrected chi connectivity index (χ4v) is 1.83. The van der Waals surface area contributed by atoms with E-state index in [2.05, 4.69) is 31.4 Å². The van der Waals surface area contributed by atoms with Crippen LogP contribution in [0, 0.1) is 5.41 Å². The Morgan fingerprint density at radius 3 is 1.71 bits per heavy atom. The molecule has 0 fully saturated rings. The zero-order valence-electron chi connectivity index (χ0n) is 13.5. The molecule has 0 saturated carbocycles. The average molecular weight is 290 g/mol. The van der Waals surface area contributed by atoms with Gasteiger partial charge in [0, 0.05) is 13.1 Å². The highest BCUT2D eigenvalue weighted by Gasteiger charge is 2.12. The maximum Gasteiger partial charge on any atom is 0.224 e. The standard InChI is InChI=1S/C17H26N2O2/c1-5-18-15(20)10-13-6-8-14(9-7-13)11-16(21)19-12-17(2,3)4/h6-9H,5,10-12H2,1-4H3,(H,18,20)(H,19,21). The monoisotopic (exact) mass is 290 g/mol. The summed E-state index contributed by atoms with van der Waals surface area (Å²) < 4.78 is 0. The highest BCUT2D eigenvalue weighted by Crippen LogP contribution is 2.11. The van der Waals surface area contributed by atoms with Crippen molar-refractivity contribution in [2.45, 2.75) is 40.5 Å². The molecule has 0 aliphatic rings. The predicted octanol–water partition coefficient (Wildman–Crippen LogP) is 2.07. The molecule has 0 aliphatic heterocycles. The second kappa shape index (κ2) is 7.81. The third kappa shape index (κ3) is 7.49. The van der Waals surface area contributed by atoms with E-state index in [0.717, 1.165) is 11.1 Å². The fraction of sp³-hybridized carbons (Fsp3) is 0.529. The topological polar surface area (TPSA) is 58.2 Å². The molecule has 0 aromatic heterocycles. The second-order valence-electron chi connectivity index (χ2n) is 6.46. The van der Waals surface area contributed by atoms with Crippen LogP contribution in [0.3, 0.4) is 0 Å². The van der Waals surface area contributed by atoms with Gasteiger partial charge in [0.2, 0.25) is 11.8 Å². The van der Waals surface area contributed by atoms with Crippen LogP contribution < -0.4 is 10.6 Å². The van der Waals surface area contributed by atoms with Crippen molar-refractivity contribution in [2.75, 3.05) is 13.1 Å². The molecular formula is C17H26N2O2. The molecular weight excluding hydrogens is 264 g/mol. The Morgan fingerprint density at radius 2 is 1.33 bits per heavy atom. The summed E-state index contributed by atoms with van der Waals surface area (Å²) in [5, 5.41) is 5.70. The summed E-state index contributed by atoms with van der Waals surface area (Å²) in [6, 6.07) is 7.62. The summed E-state index contributed by atoms with van der Waals surface area (Å²) in [6.07, 6.45) is 0.752. The quantitative estimate of drug-likeness (QED) is 0.842. The van der Waals surface area contributed by atoms with E-state index in [0.29, 0.717) is 25.9 Å². The molecule has 4 heteroatoms. The van der Waals surface area contributed by atoms with Gasteiger partial charge in [0.25, 0.3) is 0 Å². The summed E-state index contributed by atoms with van der Waals surface area (Å²) in [7, 11) is 0. The van der Waals surface area contributed by atoms with Crippen LogP contribution in [0.4, 0.5) is 0 Å². The molecule has 0 heterocycles. The van der Waals surface area contributed by atoms with Crippen LogP contribution in [0.1, 0.15) is 38.8 Å². The number of rotatable bonds is 6. The van der Waals surface area contributed by atoms with E-state index in [4.69, 9.17) is 0 Å². The van der Waals surface area contributed by atoms with E-state index in [-0.39, 0.29) is 17.2 Å². The van der Waals surface area contributed by atoms with Gasteiger partial charge >= 0.3 is 0 Å². The van der Waals surface area contributed by atoms with Crippen molar-refractivity contribution in [1.82, 2.24) is 10.6 Å². The van der Waals surface area contributed by atoms with Crippen molar-refractivity contribution < 1.29 is 9.59 Å². The number of benzene rings is 1. The number of nitrogens with one attached hydrogen (secondary N) is 2. The molecule has 0 saturated heterocycles. The van der Waals surface area contributed by atoms with Crippen LogP contribution in [0.15, 0.2) is 24.3 Å². The summed E-state index contributed by atoms with van der Waals surface area (Å²) >= 11 is 0. The molecule has 2 N–H and O–H groups in total. The SMILES string of the molecule is CCNC(=O)Cc1ccc(CC(=O)NCC(C)(C)C)cc1. The number of hydrogen-bond donors (Lipinski definition) is 2. The van der Waals surface area contributed by atoms with Crippen molar-refractivity contribution in [3.05, 3.63) is 35.4 Å². The molecule has 0 bridgehead atoms. The molecule has 0 spiro atoms. The van der Waals surface area contributed by atoms with Crippen molar-refractivity contribution >= 4 is 11.8 Å². The average Bonchev–Trinajstić information content (AvgIpc) is 2.38. The summed E-state index contributed by atoms with van der Waals surface area (Å²) in [5.41, 5.74) is 2.01. The largest absolute Gasteiger partial charge is 0.356 e. The zero-order valence-corrected chi connectivity index (χ0v) is 13.5. The zero-order chi connectivity index (χ0) is 15.9. The lowest BCUT2D eigenvalue weighted by Gasteiger charge is -2.18. The number of hydrogen-bond acceptors (Lipinski definition) is 2. The summed E-state index contributed by atoms with van der Waals surface area (Å²) in [6.45, 7) is 9.47. The van der Waals surface area contributed by atoms with Gasteiger partial charge in [0.1, 0.15) is 0 Å². The van der Waals surface area contributed by atoms with Gasteiger partial charge in [-0.2, -0.15) is 0 Å². The van der Waals surface area contributed by atoms with Gasteiger partial charge in [-0.3, -0.25) is 9.59 Å². The number of carbonyl (C=O) groups excluding carboxylic acids is 2.